The largest absolute Gasteiger partial charge is 0.465 e. The first-order valence-electron chi connectivity index (χ1n) is 8.09. The van der Waals surface area contributed by atoms with Gasteiger partial charge in [-0.25, -0.2) is 9.59 Å². The molecule has 0 atom stereocenters. The SMILES string of the molecule is CCCOC(=O)c1c(NC(=O)c2nn(C)cc2[N+](=O)[O-])sc(C(=O)OC)c1C. The molecule has 1 amide bonds. The van der Waals surface area contributed by atoms with Crippen molar-refractivity contribution < 1.29 is 28.8 Å². The zero-order chi connectivity index (χ0) is 21.0. The van der Waals surface area contributed by atoms with Crippen LogP contribution in [-0.2, 0) is 16.5 Å². The number of aryl methyl sites for hydroxylation is 1. The fourth-order valence-electron chi connectivity index (χ4n) is 2.34. The van der Waals surface area contributed by atoms with Crippen molar-refractivity contribution in [2.45, 2.75) is 20.3 Å². The van der Waals surface area contributed by atoms with E-state index in [2.05, 4.69) is 10.4 Å². The van der Waals surface area contributed by atoms with Gasteiger partial charge in [0.05, 0.1) is 24.2 Å². The molecule has 0 unspecified atom stereocenters. The summed E-state index contributed by atoms with van der Waals surface area (Å²) >= 11 is 0.813. The van der Waals surface area contributed by atoms with Crippen LogP contribution in [0.1, 0.15) is 49.4 Å². The van der Waals surface area contributed by atoms with E-state index in [1.54, 1.807) is 0 Å². The van der Waals surface area contributed by atoms with Gasteiger partial charge in [0.15, 0.2) is 0 Å². The van der Waals surface area contributed by atoms with Gasteiger partial charge in [0, 0.05) is 7.05 Å². The molecule has 0 spiro atoms. The van der Waals surface area contributed by atoms with Crippen LogP contribution in [0.15, 0.2) is 6.20 Å². The average molecular weight is 410 g/mol. The van der Waals surface area contributed by atoms with Crippen molar-refractivity contribution in [2.75, 3.05) is 19.0 Å². The summed E-state index contributed by atoms with van der Waals surface area (Å²) in [6.45, 7) is 3.49. The van der Waals surface area contributed by atoms with Crippen LogP contribution in [0.3, 0.4) is 0 Å². The molecule has 0 aliphatic heterocycles. The second-order valence-electron chi connectivity index (χ2n) is 5.64. The average Bonchev–Trinajstić information content (AvgIpc) is 3.19. The van der Waals surface area contributed by atoms with Gasteiger partial charge >= 0.3 is 17.6 Å². The van der Waals surface area contributed by atoms with Crippen LogP contribution in [-0.4, -0.2) is 46.3 Å². The lowest BCUT2D eigenvalue weighted by molar-refractivity contribution is -0.385. The van der Waals surface area contributed by atoms with Crippen LogP contribution >= 0.6 is 11.3 Å². The van der Waals surface area contributed by atoms with Crippen molar-refractivity contribution >= 4 is 39.9 Å². The smallest absolute Gasteiger partial charge is 0.348 e. The van der Waals surface area contributed by atoms with Crippen molar-refractivity contribution in [1.82, 2.24) is 9.78 Å². The number of carbonyl (C=O) groups is 3. The molecule has 1 N–H and O–H groups in total. The molecule has 2 heterocycles. The molecular formula is C16H18N4O7S. The van der Waals surface area contributed by atoms with Gasteiger partial charge in [0.2, 0.25) is 5.69 Å². The Hall–Kier alpha value is -3.28. The van der Waals surface area contributed by atoms with Gasteiger partial charge in [0.1, 0.15) is 16.1 Å². The van der Waals surface area contributed by atoms with Gasteiger partial charge in [-0.15, -0.1) is 11.3 Å². The number of thiophene rings is 1. The van der Waals surface area contributed by atoms with Crippen molar-refractivity contribution in [3.8, 4) is 0 Å². The first-order valence-corrected chi connectivity index (χ1v) is 8.91. The highest BCUT2D eigenvalue weighted by atomic mass is 32.1. The third kappa shape index (κ3) is 4.17. The molecule has 28 heavy (non-hydrogen) atoms. The van der Waals surface area contributed by atoms with E-state index in [-0.39, 0.29) is 27.6 Å². The van der Waals surface area contributed by atoms with Crippen molar-refractivity contribution in [3.63, 3.8) is 0 Å². The molecule has 0 bridgehead atoms. The molecule has 0 aliphatic rings. The third-order valence-electron chi connectivity index (χ3n) is 3.61. The Bertz CT molecular complexity index is 947. The molecule has 2 aromatic heterocycles. The van der Waals surface area contributed by atoms with Crippen LogP contribution in [0.25, 0.3) is 0 Å². The number of nitrogens with zero attached hydrogens (tertiary/aromatic N) is 3. The Morgan fingerprint density at radius 2 is 2.04 bits per heavy atom. The van der Waals surface area contributed by atoms with Gasteiger partial charge in [-0.1, -0.05) is 6.92 Å². The number of nitro groups is 1. The summed E-state index contributed by atoms with van der Waals surface area (Å²) in [7, 11) is 2.62. The third-order valence-corrected chi connectivity index (χ3v) is 4.79. The fourth-order valence-corrected chi connectivity index (χ4v) is 3.44. The second-order valence-corrected chi connectivity index (χ2v) is 6.66. The van der Waals surface area contributed by atoms with Crippen LogP contribution < -0.4 is 5.32 Å². The number of hydrogen-bond donors (Lipinski definition) is 1. The van der Waals surface area contributed by atoms with Gasteiger partial charge in [0.25, 0.3) is 5.91 Å². The summed E-state index contributed by atoms with van der Waals surface area (Å²) in [4.78, 5) is 47.4. The molecule has 11 nitrogen and oxygen atoms in total. The van der Waals surface area contributed by atoms with Crippen molar-refractivity contribution in [2.24, 2.45) is 7.05 Å². The predicted octanol–water partition coefficient (Wildman–Crippen LogP) is 2.30. The van der Waals surface area contributed by atoms with E-state index < -0.39 is 34.2 Å². The number of amides is 1. The normalized spacial score (nSPS) is 10.4. The summed E-state index contributed by atoms with van der Waals surface area (Å²) in [6.07, 6.45) is 1.67. The Labute approximate surface area is 163 Å². The number of esters is 2. The standard InChI is InChI=1S/C16H18N4O7S/c1-5-6-27-15(22)10-8(2)12(16(23)26-4)28-14(10)17-13(21)11-9(20(24)25)7-19(3)18-11/h7H,5-6H2,1-4H3,(H,17,21). The number of aromatic nitrogens is 2. The van der Waals surface area contributed by atoms with Gasteiger partial charge in [-0.05, 0) is 18.9 Å². The summed E-state index contributed by atoms with van der Waals surface area (Å²) in [5.74, 6) is -2.30. The molecule has 0 radical (unpaired) electrons. The molecule has 0 saturated carbocycles. The lowest BCUT2D eigenvalue weighted by Gasteiger charge is -2.06. The van der Waals surface area contributed by atoms with E-state index in [1.165, 1.54) is 21.1 Å². The minimum Gasteiger partial charge on any atom is -0.465 e. The van der Waals surface area contributed by atoms with Gasteiger partial charge < -0.3 is 14.8 Å². The molecule has 0 aromatic carbocycles. The summed E-state index contributed by atoms with van der Waals surface area (Å²) < 4.78 is 10.9. The Morgan fingerprint density at radius 1 is 1.36 bits per heavy atom. The number of methoxy groups -OCH3 is 1. The first kappa shape index (κ1) is 21.0. The minimum absolute atomic E-state index is 0.00853. The highest BCUT2D eigenvalue weighted by Crippen LogP contribution is 2.35. The fraction of sp³-hybridized carbons (Fsp3) is 0.375. The topological polar surface area (TPSA) is 143 Å². The van der Waals surface area contributed by atoms with Crippen molar-refractivity contribution in [3.05, 3.63) is 38.0 Å². The van der Waals surface area contributed by atoms with E-state index in [0.29, 0.717) is 6.42 Å². The number of carbonyl (C=O) groups excluding carboxylic acids is 3. The molecule has 150 valence electrons. The lowest BCUT2D eigenvalue weighted by atomic mass is 10.1. The number of nitrogens with one attached hydrogen (secondary N) is 1. The highest BCUT2D eigenvalue weighted by molar-refractivity contribution is 7.18. The maximum absolute atomic E-state index is 12.5. The van der Waals surface area contributed by atoms with Crippen LogP contribution in [0.4, 0.5) is 10.7 Å². The van der Waals surface area contributed by atoms with Crippen LogP contribution in [0, 0.1) is 17.0 Å². The number of anilines is 1. The van der Waals surface area contributed by atoms with E-state index in [1.807, 2.05) is 6.92 Å². The minimum atomic E-state index is -0.894. The Morgan fingerprint density at radius 3 is 2.61 bits per heavy atom. The van der Waals surface area contributed by atoms with Crippen LogP contribution in [0.2, 0.25) is 0 Å². The van der Waals surface area contributed by atoms with Crippen LogP contribution in [0.5, 0.6) is 0 Å². The molecule has 12 heteroatoms. The number of hydrogen-bond acceptors (Lipinski definition) is 9. The van der Waals surface area contributed by atoms with Gasteiger partial charge in [-0.3, -0.25) is 19.6 Å². The zero-order valence-corrected chi connectivity index (χ0v) is 16.4. The maximum atomic E-state index is 12.5. The number of ether oxygens (including phenoxy) is 2. The van der Waals surface area contributed by atoms with Crippen molar-refractivity contribution in [1.29, 1.82) is 0 Å². The highest BCUT2D eigenvalue weighted by Gasteiger charge is 2.30. The summed E-state index contributed by atoms with van der Waals surface area (Å²) in [5.41, 5.74) is -0.641. The van der Waals surface area contributed by atoms with Gasteiger partial charge in [-0.2, -0.15) is 5.10 Å². The monoisotopic (exact) mass is 410 g/mol. The maximum Gasteiger partial charge on any atom is 0.348 e. The molecule has 2 rings (SSSR count). The quantitative estimate of drug-likeness (QED) is 0.416. The summed E-state index contributed by atoms with van der Waals surface area (Å²) in [6, 6.07) is 0. The molecule has 2 aromatic rings. The lowest BCUT2D eigenvalue weighted by Crippen LogP contribution is -2.17. The Kier molecular flexibility index (Phi) is 6.46. The molecule has 0 aliphatic carbocycles. The number of rotatable bonds is 7. The predicted molar refractivity (Wildman–Crippen MR) is 98.8 cm³/mol. The molecule has 0 fully saturated rings. The summed E-state index contributed by atoms with van der Waals surface area (Å²) in [5, 5.41) is 17.3. The first-order chi connectivity index (χ1) is 13.2. The molecule has 0 saturated heterocycles. The van der Waals surface area contributed by atoms with E-state index in [9.17, 15) is 24.5 Å². The van der Waals surface area contributed by atoms with E-state index >= 15 is 0 Å². The zero-order valence-electron chi connectivity index (χ0n) is 15.6. The molecular weight excluding hydrogens is 392 g/mol. The second kappa shape index (κ2) is 8.61. The Balaban J connectivity index is 2.46. The van der Waals surface area contributed by atoms with E-state index in [4.69, 9.17) is 9.47 Å². The van der Waals surface area contributed by atoms with E-state index in [0.717, 1.165) is 22.2 Å².